The molecule has 1 aliphatic rings. The first-order chi connectivity index (χ1) is 5.79. The smallest absolute Gasteiger partial charge is 0.0488 e. The Labute approximate surface area is 74.4 Å². The van der Waals surface area contributed by atoms with Crippen LogP contribution >= 0.6 is 0 Å². The first-order valence-corrected chi connectivity index (χ1v) is 4.40. The van der Waals surface area contributed by atoms with E-state index in [4.69, 9.17) is 4.74 Å². The second-order valence-corrected chi connectivity index (χ2v) is 3.12. The highest BCUT2D eigenvalue weighted by molar-refractivity contribution is 5.19. The highest BCUT2D eigenvalue weighted by atomic mass is 16.5. The molecule has 1 aromatic carbocycles. The van der Waals surface area contributed by atoms with Crippen molar-refractivity contribution in [2.45, 2.75) is 20.3 Å². The van der Waals surface area contributed by atoms with Crippen LogP contribution in [0.5, 0.6) is 0 Å². The summed E-state index contributed by atoms with van der Waals surface area (Å²) < 4.78 is 4.72. The molecule has 1 aliphatic heterocycles. The largest absolute Gasteiger partial charge is 0.381 e. The van der Waals surface area contributed by atoms with E-state index in [0.717, 1.165) is 13.2 Å². The summed E-state index contributed by atoms with van der Waals surface area (Å²) in [6, 6.07) is 8.48. The molecule has 0 bridgehead atoms. The van der Waals surface area contributed by atoms with E-state index in [2.05, 4.69) is 38.1 Å². The van der Waals surface area contributed by atoms with Crippen molar-refractivity contribution in [1.29, 1.82) is 0 Å². The Morgan fingerprint density at radius 3 is 1.33 bits per heavy atom. The topological polar surface area (TPSA) is 9.23 Å². The van der Waals surface area contributed by atoms with Crippen LogP contribution in [0.1, 0.15) is 17.5 Å². The van der Waals surface area contributed by atoms with E-state index in [1.54, 1.807) is 0 Å². The van der Waals surface area contributed by atoms with Gasteiger partial charge in [0.25, 0.3) is 0 Å². The molecule has 1 fully saturated rings. The minimum absolute atomic E-state index is 1.00. The molecule has 0 aromatic heterocycles. The zero-order valence-electron chi connectivity index (χ0n) is 7.84. The molecule has 0 unspecified atom stereocenters. The Morgan fingerprint density at radius 1 is 0.917 bits per heavy atom. The molecule has 1 heteroatoms. The van der Waals surface area contributed by atoms with E-state index in [1.807, 2.05) is 0 Å². The van der Waals surface area contributed by atoms with Gasteiger partial charge in [-0.15, -0.1) is 0 Å². The first-order valence-electron chi connectivity index (χ1n) is 4.40. The first kappa shape index (κ1) is 9.27. The van der Waals surface area contributed by atoms with E-state index in [-0.39, 0.29) is 0 Å². The van der Waals surface area contributed by atoms with Crippen molar-refractivity contribution >= 4 is 0 Å². The fraction of sp³-hybridized carbons (Fsp3) is 0.455. The molecule has 1 heterocycles. The van der Waals surface area contributed by atoms with Gasteiger partial charge in [-0.2, -0.15) is 0 Å². The minimum Gasteiger partial charge on any atom is -0.381 e. The standard InChI is InChI=1S/C8H10.C3H6O/c1-7-3-5-8(2)6-4-7;1-2-4-3-1/h3-6H,1-2H3;1-3H2. The van der Waals surface area contributed by atoms with Crippen LogP contribution in [-0.4, -0.2) is 13.2 Å². The van der Waals surface area contributed by atoms with Crippen molar-refractivity contribution in [1.82, 2.24) is 0 Å². The monoisotopic (exact) mass is 164 g/mol. The Hall–Kier alpha value is -0.820. The third-order valence-electron chi connectivity index (χ3n) is 1.80. The number of rotatable bonds is 0. The van der Waals surface area contributed by atoms with Gasteiger partial charge in [0.05, 0.1) is 0 Å². The SMILES string of the molecule is C1COC1.Cc1ccc(C)cc1. The van der Waals surface area contributed by atoms with E-state index in [0.29, 0.717) is 0 Å². The lowest BCUT2D eigenvalue weighted by molar-refractivity contribution is 0.0367. The Morgan fingerprint density at radius 2 is 1.17 bits per heavy atom. The summed E-state index contributed by atoms with van der Waals surface area (Å²) >= 11 is 0. The second-order valence-electron chi connectivity index (χ2n) is 3.12. The van der Waals surface area contributed by atoms with Gasteiger partial charge in [-0.05, 0) is 20.3 Å². The van der Waals surface area contributed by atoms with E-state index < -0.39 is 0 Å². The van der Waals surface area contributed by atoms with Gasteiger partial charge in [0.15, 0.2) is 0 Å². The Bertz CT molecular complexity index is 184. The van der Waals surface area contributed by atoms with Gasteiger partial charge in [-0.3, -0.25) is 0 Å². The maximum atomic E-state index is 4.72. The average molecular weight is 164 g/mol. The van der Waals surface area contributed by atoms with Gasteiger partial charge in [0.2, 0.25) is 0 Å². The van der Waals surface area contributed by atoms with Gasteiger partial charge in [-0.25, -0.2) is 0 Å². The molecule has 1 saturated heterocycles. The zero-order valence-corrected chi connectivity index (χ0v) is 7.84. The molecule has 66 valence electrons. The highest BCUT2D eigenvalue weighted by Crippen LogP contribution is 1.99. The fourth-order valence-electron chi connectivity index (χ4n) is 0.781. The van der Waals surface area contributed by atoms with Crippen molar-refractivity contribution in [3.8, 4) is 0 Å². The van der Waals surface area contributed by atoms with E-state index in [1.165, 1.54) is 17.5 Å². The van der Waals surface area contributed by atoms with Crippen LogP contribution in [0.3, 0.4) is 0 Å². The molecular formula is C11H16O. The summed E-state index contributed by atoms with van der Waals surface area (Å²) in [5, 5.41) is 0. The van der Waals surface area contributed by atoms with Crippen molar-refractivity contribution in [2.24, 2.45) is 0 Å². The quantitative estimate of drug-likeness (QED) is 0.573. The molecule has 1 nitrogen and oxygen atoms in total. The minimum atomic E-state index is 1.00. The lowest BCUT2D eigenvalue weighted by atomic mass is 10.2. The van der Waals surface area contributed by atoms with Crippen LogP contribution in [0.15, 0.2) is 24.3 Å². The average Bonchev–Trinajstić information content (AvgIpc) is 1.92. The van der Waals surface area contributed by atoms with Gasteiger partial charge in [-0.1, -0.05) is 35.4 Å². The number of hydrogen-bond acceptors (Lipinski definition) is 1. The summed E-state index contributed by atoms with van der Waals surface area (Å²) in [6.45, 7) is 6.19. The molecule has 0 N–H and O–H groups in total. The maximum absolute atomic E-state index is 4.72. The van der Waals surface area contributed by atoms with Gasteiger partial charge in [0.1, 0.15) is 0 Å². The van der Waals surface area contributed by atoms with Crippen LogP contribution in [0.25, 0.3) is 0 Å². The van der Waals surface area contributed by atoms with Crippen molar-refractivity contribution < 1.29 is 4.74 Å². The van der Waals surface area contributed by atoms with E-state index >= 15 is 0 Å². The molecule has 0 saturated carbocycles. The van der Waals surface area contributed by atoms with Crippen LogP contribution in [0.4, 0.5) is 0 Å². The zero-order chi connectivity index (χ0) is 8.81. The van der Waals surface area contributed by atoms with E-state index in [9.17, 15) is 0 Å². The van der Waals surface area contributed by atoms with Crippen LogP contribution in [-0.2, 0) is 4.74 Å². The van der Waals surface area contributed by atoms with Crippen LogP contribution in [0.2, 0.25) is 0 Å². The summed E-state index contributed by atoms with van der Waals surface area (Å²) in [5.41, 5.74) is 2.66. The molecular weight excluding hydrogens is 148 g/mol. The second kappa shape index (κ2) is 4.94. The lowest BCUT2D eigenvalue weighted by Crippen LogP contribution is -2.09. The molecule has 0 aliphatic carbocycles. The van der Waals surface area contributed by atoms with Gasteiger partial charge < -0.3 is 4.74 Å². The summed E-state index contributed by atoms with van der Waals surface area (Å²) in [4.78, 5) is 0. The molecule has 0 radical (unpaired) electrons. The van der Waals surface area contributed by atoms with Crippen molar-refractivity contribution in [2.75, 3.05) is 13.2 Å². The molecule has 1 aromatic rings. The molecule has 0 amide bonds. The third kappa shape index (κ3) is 3.54. The molecule has 2 rings (SSSR count). The van der Waals surface area contributed by atoms with Crippen molar-refractivity contribution in [3.63, 3.8) is 0 Å². The Kier molecular flexibility index (Phi) is 3.81. The molecule has 0 spiro atoms. The number of hydrogen-bond donors (Lipinski definition) is 0. The molecule has 12 heavy (non-hydrogen) atoms. The van der Waals surface area contributed by atoms with Crippen LogP contribution < -0.4 is 0 Å². The number of benzene rings is 1. The van der Waals surface area contributed by atoms with Crippen molar-refractivity contribution in [3.05, 3.63) is 35.4 Å². The highest BCUT2D eigenvalue weighted by Gasteiger charge is 1.94. The predicted octanol–water partition coefficient (Wildman–Crippen LogP) is 2.71. The number of ether oxygens (including phenoxy) is 1. The fourth-order valence-corrected chi connectivity index (χ4v) is 0.781. The normalized spacial score (nSPS) is 14.2. The van der Waals surface area contributed by atoms with Gasteiger partial charge in [0, 0.05) is 13.2 Å². The summed E-state index contributed by atoms with van der Waals surface area (Å²) in [5.74, 6) is 0. The third-order valence-corrected chi connectivity index (χ3v) is 1.80. The lowest BCUT2D eigenvalue weighted by Gasteiger charge is -2.09. The summed E-state index contributed by atoms with van der Waals surface area (Å²) in [7, 11) is 0. The molecule has 0 atom stereocenters. The summed E-state index contributed by atoms with van der Waals surface area (Å²) in [6.07, 6.45) is 1.28. The van der Waals surface area contributed by atoms with Crippen LogP contribution in [0, 0.1) is 13.8 Å². The van der Waals surface area contributed by atoms with Gasteiger partial charge >= 0.3 is 0 Å². The predicted molar refractivity (Wildman–Crippen MR) is 51.4 cm³/mol. The maximum Gasteiger partial charge on any atom is 0.0488 e. The Balaban J connectivity index is 0.000000150. The number of aryl methyl sites for hydroxylation is 2.